The van der Waals surface area contributed by atoms with Gasteiger partial charge in [-0.05, 0) is 13.3 Å². The van der Waals surface area contributed by atoms with Gasteiger partial charge in [0, 0.05) is 25.4 Å². The first-order chi connectivity index (χ1) is 5.79. The summed E-state index contributed by atoms with van der Waals surface area (Å²) in [5.41, 5.74) is 6.80. The molecule has 0 aromatic carbocycles. The molecule has 0 radical (unpaired) electrons. The molecule has 0 aliphatic heterocycles. The van der Waals surface area contributed by atoms with Crippen molar-refractivity contribution < 1.29 is 5.11 Å². The Labute approximate surface area is 72.0 Å². The van der Waals surface area contributed by atoms with Crippen LogP contribution in [0.25, 0.3) is 0 Å². The summed E-state index contributed by atoms with van der Waals surface area (Å²) in [5.74, 6) is 0. The first kappa shape index (κ1) is 9.22. The van der Waals surface area contributed by atoms with Gasteiger partial charge in [0.05, 0.1) is 12.0 Å². The highest BCUT2D eigenvalue weighted by Crippen LogP contribution is 2.12. The molecular weight excluding hydrogens is 154 g/mol. The summed E-state index contributed by atoms with van der Waals surface area (Å²) in [4.78, 5) is 4.00. The second-order valence-corrected chi connectivity index (χ2v) is 2.72. The fraction of sp³-hybridized carbons (Fsp3) is 0.625. The van der Waals surface area contributed by atoms with Crippen molar-refractivity contribution in [2.45, 2.75) is 25.9 Å². The zero-order valence-electron chi connectivity index (χ0n) is 7.27. The fourth-order valence-electron chi connectivity index (χ4n) is 1.19. The van der Waals surface area contributed by atoms with Crippen LogP contribution in [-0.2, 0) is 6.54 Å². The van der Waals surface area contributed by atoms with E-state index in [1.807, 2.05) is 11.5 Å². The topological polar surface area (TPSA) is 64.1 Å². The molecule has 3 N–H and O–H groups in total. The molecule has 0 fully saturated rings. The van der Waals surface area contributed by atoms with E-state index < -0.39 is 0 Å². The lowest BCUT2D eigenvalue weighted by Crippen LogP contribution is -2.16. The Balaban J connectivity index is 2.71. The lowest BCUT2D eigenvalue weighted by molar-refractivity contribution is 0.274. The van der Waals surface area contributed by atoms with Gasteiger partial charge in [-0.15, -0.1) is 0 Å². The first-order valence-corrected chi connectivity index (χ1v) is 4.16. The summed E-state index contributed by atoms with van der Waals surface area (Å²) in [6, 6.07) is -0.0996. The normalized spacial score (nSPS) is 13.2. The monoisotopic (exact) mass is 169 g/mol. The lowest BCUT2D eigenvalue weighted by atomic mass is 10.2. The van der Waals surface area contributed by atoms with Crippen LogP contribution in [0.4, 0.5) is 0 Å². The molecule has 0 spiro atoms. The van der Waals surface area contributed by atoms with Crippen molar-refractivity contribution >= 4 is 0 Å². The Kier molecular flexibility index (Phi) is 3.25. The van der Waals surface area contributed by atoms with Crippen molar-refractivity contribution in [2.75, 3.05) is 6.61 Å². The third-order valence-corrected chi connectivity index (χ3v) is 1.91. The zero-order chi connectivity index (χ0) is 8.97. The van der Waals surface area contributed by atoms with E-state index in [4.69, 9.17) is 10.8 Å². The number of nitrogens with two attached hydrogens (primary N) is 1. The molecule has 4 heteroatoms. The molecule has 1 atom stereocenters. The molecule has 4 nitrogen and oxygen atoms in total. The minimum Gasteiger partial charge on any atom is -0.396 e. The Hall–Kier alpha value is -0.870. The van der Waals surface area contributed by atoms with Gasteiger partial charge in [0.2, 0.25) is 0 Å². The number of nitrogens with zero attached hydrogens (tertiary/aromatic N) is 2. The van der Waals surface area contributed by atoms with E-state index in [9.17, 15) is 0 Å². The van der Waals surface area contributed by atoms with Crippen LogP contribution in [0.1, 0.15) is 25.1 Å². The fourth-order valence-corrected chi connectivity index (χ4v) is 1.19. The van der Waals surface area contributed by atoms with Crippen LogP contribution < -0.4 is 5.73 Å². The number of aliphatic hydroxyl groups is 1. The summed E-state index contributed by atoms with van der Waals surface area (Å²) < 4.78 is 1.99. The Morgan fingerprint density at radius 3 is 3.08 bits per heavy atom. The number of hydrogen-bond donors (Lipinski definition) is 2. The van der Waals surface area contributed by atoms with Crippen LogP contribution in [-0.4, -0.2) is 21.3 Å². The van der Waals surface area contributed by atoms with Gasteiger partial charge in [0.1, 0.15) is 0 Å². The average Bonchev–Trinajstić information content (AvgIpc) is 2.51. The highest BCUT2D eigenvalue weighted by molar-refractivity contribution is 5.04. The van der Waals surface area contributed by atoms with Gasteiger partial charge >= 0.3 is 0 Å². The van der Waals surface area contributed by atoms with Crippen LogP contribution in [0.3, 0.4) is 0 Å². The highest BCUT2D eigenvalue weighted by Gasteiger charge is 2.09. The van der Waals surface area contributed by atoms with Gasteiger partial charge in [0.15, 0.2) is 0 Å². The molecule has 1 rings (SSSR count). The van der Waals surface area contributed by atoms with Gasteiger partial charge in [0.25, 0.3) is 0 Å². The van der Waals surface area contributed by atoms with Crippen molar-refractivity contribution in [1.29, 1.82) is 0 Å². The van der Waals surface area contributed by atoms with E-state index in [2.05, 4.69) is 4.98 Å². The average molecular weight is 169 g/mol. The summed E-state index contributed by atoms with van der Waals surface area (Å²) in [5, 5.41) is 8.69. The van der Waals surface area contributed by atoms with Gasteiger partial charge in [-0.25, -0.2) is 4.98 Å². The molecule has 0 saturated carbocycles. The zero-order valence-corrected chi connectivity index (χ0v) is 7.27. The van der Waals surface area contributed by atoms with Gasteiger partial charge < -0.3 is 15.4 Å². The first-order valence-electron chi connectivity index (χ1n) is 4.16. The molecule has 0 unspecified atom stereocenters. The minimum atomic E-state index is -0.0996. The maximum atomic E-state index is 8.69. The van der Waals surface area contributed by atoms with Gasteiger partial charge in [-0.3, -0.25) is 0 Å². The van der Waals surface area contributed by atoms with E-state index >= 15 is 0 Å². The molecule has 0 bridgehead atoms. The maximum Gasteiger partial charge on any atom is 0.0948 e. The Bertz CT molecular complexity index is 234. The number of aromatic nitrogens is 2. The molecule has 0 saturated heterocycles. The largest absolute Gasteiger partial charge is 0.396 e. The third kappa shape index (κ3) is 1.84. The molecular formula is C8H15N3O. The van der Waals surface area contributed by atoms with Crippen molar-refractivity contribution in [3.63, 3.8) is 0 Å². The van der Waals surface area contributed by atoms with Crippen molar-refractivity contribution in [2.24, 2.45) is 5.73 Å². The Morgan fingerprint density at radius 2 is 2.50 bits per heavy atom. The number of rotatable bonds is 4. The second kappa shape index (κ2) is 4.23. The van der Waals surface area contributed by atoms with Crippen LogP contribution in [0.5, 0.6) is 0 Å². The van der Waals surface area contributed by atoms with Gasteiger partial charge in [-0.2, -0.15) is 0 Å². The number of hydrogen-bond acceptors (Lipinski definition) is 3. The van der Waals surface area contributed by atoms with E-state index in [1.165, 1.54) is 0 Å². The standard InChI is InChI=1S/C8H15N3O/c1-2-11-6-10-5-8(11)7(9)3-4-12/h5-7,12H,2-4,9H2,1H3/t7-/m0/s1. The van der Waals surface area contributed by atoms with E-state index in [0.29, 0.717) is 6.42 Å². The van der Waals surface area contributed by atoms with Crippen LogP contribution in [0, 0.1) is 0 Å². The van der Waals surface area contributed by atoms with Crippen molar-refractivity contribution in [1.82, 2.24) is 9.55 Å². The van der Waals surface area contributed by atoms with Crippen LogP contribution in [0.15, 0.2) is 12.5 Å². The molecule has 0 amide bonds. The van der Waals surface area contributed by atoms with Crippen molar-refractivity contribution in [3.8, 4) is 0 Å². The molecule has 1 aromatic heterocycles. The predicted molar refractivity (Wildman–Crippen MR) is 46.5 cm³/mol. The summed E-state index contributed by atoms with van der Waals surface area (Å²) >= 11 is 0. The molecule has 12 heavy (non-hydrogen) atoms. The third-order valence-electron chi connectivity index (χ3n) is 1.91. The Morgan fingerprint density at radius 1 is 1.75 bits per heavy atom. The summed E-state index contributed by atoms with van der Waals surface area (Å²) in [6.07, 6.45) is 4.10. The van der Waals surface area contributed by atoms with Crippen LogP contribution in [0.2, 0.25) is 0 Å². The van der Waals surface area contributed by atoms with Gasteiger partial charge in [-0.1, -0.05) is 0 Å². The second-order valence-electron chi connectivity index (χ2n) is 2.72. The predicted octanol–water partition coefficient (Wildman–Crippen LogP) is 0.285. The van der Waals surface area contributed by atoms with Crippen LogP contribution >= 0.6 is 0 Å². The summed E-state index contributed by atoms with van der Waals surface area (Å²) in [7, 11) is 0. The smallest absolute Gasteiger partial charge is 0.0948 e. The summed E-state index contributed by atoms with van der Waals surface area (Å²) in [6.45, 7) is 3.03. The van der Waals surface area contributed by atoms with E-state index in [1.54, 1.807) is 12.5 Å². The van der Waals surface area contributed by atoms with E-state index in [0.717, 1.165) is 12.2 Å². The van der Waals surface area contributed by atoms with Crippen molar-refractivity contribution in [3.05, 3.63) is 18.2 Å². The molecule has 0 aliphatic carbocycles. The lowest BCUT2D eigenvalue weighted by Gasteiger charge is -2.11. The molecule has 0 aliphatic rings. The van der Waals surface area contributed by atoms with E-state index in [-0.39, 0.29) is 12.6 Å². The number of imidazole rings is 1. The SMILES string of the molecule is CCn1cncc1[C@@H](N)CCO. The highest BCUT2D eigenvalue weighted by atomic mass is 16.3. The minimum absolute atomic E-state index is 0.0996. The number of aliphatic hydroxyl groups excluding tert-OH is 1. The molecule has 1 heterocycles. The molecule has 68 valence electrons. The quantitative estimate of drug-likeness (QED) is 0.680. The number of aryl methyl sites for hydroxylation is 1. The maximum absolute atomic E-state index is 8.69. The molecule has 1 aromatic rings.